The van der Waals surface area contributed by atoms with E-state index in [-0.39, 0.29) is 24.4 Å². The van der Waals surface area contributed by atoms with Crippen molar-refractivity contribution in [1.82, 2.24) is 19.4 Å². The van der Waals surface area contributed by atoms with Crippen LogP contribution in [0.4, 0.5) is 4.39 Å². The Balaban J connectivity index is 1.06. The molecule has 0 radical (unpaired) electrons. The fraction of sp³-hybridized carbons (Fsp3) is 0.387. The Labute approximate surface area is 247 Å². The second-order valence-corrected chi connectivity index (χ2v) is 11.1. The van der Waals surface area contributed by atoms with Crippen LogP contribution in [0.15, 0.2) is 54.7 Å². The van der Waals surface area contributed by atoms with Crippen LogP contribution >= 0.6 is 11.6 Å². The summed E-state index contributed by atoms with van der Waals surface area (Å²) in [7, 11) is 0. The summed E-state index contributed by atoms with van der Waals surface area (Å²) in [5, 5.41) is 9.95. The zero-order valence-electron chi connectivity index (χ0n) is 23.0. The maximum Gasteiger partial charge on any atom is 0.335 e. The molecule has 0 saturated carbocycles. The van der Waals surface area contributed by atoms with Crippen LogP contribution in [0.1, 0.15) is 46.7 Å². The van der Waals surface area contributed by atoms with Crippen LogP contribution in [-0.4, -0.2) is 62.4 Å². The number of ether oxygens (including phenoxy) is 3. The summed E-state index contributed by atoms with van der Waals surface area (Å²) in [6.07, 6.45) is 4.58. The Morgan fingerprint density at radius 1 is 1.12 bits per heavy atom. The van der Waals surface area contributed by atoms with E-state index in [9.17, 15) is 14.3 Å². The van der Waals surface area contributed by atoms with Crippen molar-refractivity contribution in [2.45, 2.75) is 57.8 Å². The van der Waals surface area contributed by atoms with E-state index in [2.05, 4.69) is 14.5 Å². The van der Waals surface area contributed by atoms with Gasteiger partial charge in [-0.05, 0) is 61.7 Å². The van der Waals surface area contributed by atoms with Crippen LogP contribution < -0.4 is 9.47 Å². The molecule has 2 aromatic carbocycles. The summed E-state index contributed by atoms with van der Waals surface area (Å²) in [6, 6.07) is 13.7. The molecule has 220 valence electrons. The van der Waals surface area contributed by atoms with Gasteiger partial charge in [-0.1, -0.05) is 11.6 Å². The molecule has 2 saturated heterocycles. The second kappa shape index (κ2) is 12.6. The summed E-state index contributed by atoms with van der Waals surface area (Å²) in [5.41, 5.74) is 2.96. The van der Waals surface area contributed by atoms with E-state index in [1.807, 2.05) is 12.1 Å². The molecule has 4 heterocycles. The average molecular weight is 595 g/mol. The number of carbonyl (C=O) groups is 1. The topological polar surface area (TPSA) is 98.9 Å². The molecule has 0 amide bonds. The third kappa shape index (κ3) is 6.51. The molecule has 0 bridgehead atoms. The zero-order chi connectivity index (χ0) is 29.1. The van der Waals surface area contributed by atoms with Gasteiger partial charge in [0.25, 0.3) is 0 Å². The molecule has 2 aromatic heterocycles. The van der Waals surface area contributed by atoms with Crippen LogP contribution in [0.2, 0.25) is 5.02 Å². The van der Waals surface area contributed by atoms with Crippen LogP contribution in [-0.2, 0) is 31.1 Å². The van der Waals surface area contributed by atoms with Gasteiger partial charge in [0.15, 0.2) is 0 Å². The fourth-order valence-corrected chi connectivity index (χ4v) is 5.59. The number of carboxylic acids is 1. The Hall–Kier alpha value is -3.73. The monoisotopic (exact) mass is 594 g/mol. The first kappa shape index (κ1) is 28.4. The van der Waals surface area contributed by atoms with Gasteiger partial charge in [0.05, 0.1) is 41.5 Å². The van der Waals surface area contributed by atoms with E-state index in [0.717, 1.165) is 61.6 Å². The molecule has 0 spiro atoms. The number of alkyl halides is 1. The van der Waals surface area contributed by atoms with Crippen LogP contribution in [0.25, 0.3) is 11.0 Å². The number of nitrogens with zero attached hydrogens (tertiary/aromatic N) is 4. The van der Waals surface area contributed by atoms with Crippen molar-refractivity contribution >= 4 is 28.6 Å². The minimum absolute atomic E-state index is 0.0622. The van der Waals surface area contributed by atoms with Gasteiger partial charge in [0, 0.05) is 42.5 Å². The molecule has 1 N–H and O–H groups in total. The third-order valence-electron chi connectivity index (χ3n) is 7.79. The van der Waals surface area contributed by atoms with Crippen molar-refractivity contribution in [2.24, 2.45) is 0 Å². The number of carboxylic acid groups (broad SMARTS) is 1. The van der Waals surface area contributed by atoms with Crippen molar-refractivity contribution in [3.63, 3.8) is 0 Å². The third-order valence-corrected chi connectivity index (χ3v) is 8.02. The van der Waals surface area contributed by atoms with Gasteiger partial charge < -0.3 is 23.9 Å². The van der Waals surface area contributed by atoms with Gasteiger partial charge in [0.1, 0.15) is 36.7 Å². The molecule has 4 aromatic rings. The van der Waals surface area contributed by atoms with E-state index in [1.54, 1.807) is 42.6 Å². The highest BCUT2D eigenvalue weighted by Crippen LogP contribution is 2.27. The molecule has 1 atom stereocenters. The first-order chi connectivity index (χ1) is 20.4. The van der Waals surface area contributed by atoms with Gasteiger partial charge >= 0.3 is 5.97 Å². The van der Waals surface area contributed by atoms with Gasteiger partial charge in [-0.25, -0.2) is 14.2 Å². The largest absolute Gasteiger partial charge is 0.490 e. The summed E-state index contributed by atoms with van der Waals surface area (Å²) in [6.45, 7) is 3.30. The highest BCUT2D eigenvalue weighted by Gasteiger charge is 2.26. The molecule has 2 fully saturated rings. The fourth-order valence-electron chi connectivity index (χ4n) is 5.39. The van der Waals surface area contributed by atoms with Crippen molar-refractivity contribution in [3.05, 3.63) is 82.4 Å². The van der Waals surface area contributed by atoms with E-state index < -0.39 is 12.6 Å². The number of hydrogen-bond acceptors (Lipinski definition) is 7. The quantitative estimate of drug-likeness (QED) is 0.237. The normalized spacial score (nSPS) is 17.7. The highest BCUT2D eigenvalue weighted by molar-refractivity contribution is 6.30. The zero-order valence-corrected chi connectivity index (χ0v) is 23.8. The molecule has 2 aliphatic heterocycles. The molecular formula is C31H32ClFN4O5. The number of aromatic nitrogens is 3. The smallest absolute Gasteiger partial charge is 0.335 e. The van der Waals surface area contributed by atoms with Crippen molar-refractivity contribution in [1.29, 1.82) is 0 Å². The first-order valence-electron chi connectivity index (χ1n) is 14.1. The number of halogens is 2. The number of benzene rings is 2. The van der Waals surface area contributed by atoms with Gasteiger partial charge in [0.2, 0.25) is 0 Å². The maximum atomic E-state index is 13.3. The summed E-state index contributed by atoms with van der Waals surface area (Å²) in [5.74, 6) is 1.13. The molecule has 0 unspecified atom stereocenters. The number of imidazole rings is 1. The average Bonchev–Trinajstić information content (AvgIpc) is 3.31. The predicted molar refractivity (Wildman–Crippen MR) is 155 cm³/mol. The van der Waals surface area contributed by atoms with Gasteiger partial charge in [-0.15, -0.1) is 0 Å². The number of pyridine rings is 1. The highest BCUT2D eigenvalue weighted by atomic mass is 35.5. The summed E-state index contributed by atoms with van der Waals surface area (Å²) >= 11 is 5.96. The minimum Gasteiger partial charge on any atom is -0.490 e. The Kier molecular flexibility index (Phi) is 8.55. The number of likely N-dealkylation sites (tertiary alicyclic amines) is 1. The van der Waals surface area contributed by atoms with Gasteiger partial charge in [-0.2, -0.15) is 0 Å². The molecule has 6 rings (SSSR count). The Morgan fingerprint density at radius 3 is 2.69 bits per heavy atom. The molecule has 42 heavy (non-hydrogen) atoms. The molecular weight excluding hydrogens is 563 g/mol. The second-order valence-electron chi connectivity index (χ2n) is 10.7. The molecule has 0 aliphatic carbocycles. The maximum absolute atomic E-state index is 13.3. The Bertz CT molecular complexity index is 1570. The summed E-state index contributed by atoms with van der Waals surface area (Å²) < 4.78 is 33.2. The molecule has 9 nitrogen and oxygen atoms in total. The number of fused-ring (bicyclic) bond motifs is 1. The first-order valence-corrected chi connectivity index (χ1v) is 14.5. The number of piperidine rings is 1. The van der Waals surface area contributed by atoms with Crippen LogP contribution in [0, 0.1) is 0 Å². The SMILES string of the molecule is O=C(O)c1ccc2nc(CN3CCC(Oc4ccnc(COc5ccc(Cl)cc5CF)c4)CC3)n(C[C@@H]3CCO3)c2c1. The summed E-state index contributed by atoms with van der Waals surface area (Å²) in [4.78, 5) is 23.2. The lowest BCUT2D eigenvalue weighted by atomic mass is 10.1. The lowest BCUT2D eigenvalue weighted by molar-refractivity contribution is -0.0592. The minimum atomic E-state index is -0.950. The molecule has 11 heteroatoms. The predicted octanol–water partition coefficient (Wildman–Crippen LogP) is 5.66. The lowest BCUT2D eigenvalue weighted by Crippen LogP contribution is -2.39. The molecule has 2 aliphatic rings. The van der Waals surface area contributed by atoms with Crippen molar-refractivity contribution < 1.29 is 28.5 Å². The van der Waals surface area contributed by atoms with E-state index in [0.29, 0.717) is 35.1 Å². The van der Waals surface area contributed by atoms with Crippen molar-refractivity contribution in [2.75, 3.05) is 19.7 Å². The van der Waals surface area contributed by atoms with Crippen molar-refractivity contribution in [3.8, 4) is 11.5 Å². The lowest BCUT2D eigenvalue weighted by Gasteiger charge is -2.32. The van der Waals surface area contributed by atoms with E-state index in [1.165, 1.54) is 0 Å². The number of rotatable bonds is 11. The van der Waals surface area contributed by atoms with Crippen LogP contribution in [0.5, 0.6) is 11.5 Å². The van der Waals surface area contributed by atoms with E-state index in [4.69, 9.17) is 30.8 Å². The number of hydrogen-bond donors (Lipinski definition) is 1. The van der Waals surface area contributed by atoms with E-state index >= 15 is 0 Å². The van der Waals surface area contributed by atoms with Crippen LogP contribution in [0.3, 0.4) is 0 Å². The number of aromatic carboxylic acids is 1. The van der Waals surface area contributed by atoms with Gasteiger partial charge in [-0.3, -0.25) is 9.88 Å². The Morgan fingerprint density at radius 2 is 1.95 bits per heavy atom. The standard InChI is InChI=1S/C31H32ClFN4O5/c32-22-2-4-29(21(13-22)16-33)41-19-23-15-25(5-9-34-23)42-24-6-10-36(11-7-24)18-30-35-27-3-1-20(31(38)39)14-28(27)37(30)17-26-8-12-40-26/h1-5,9,13-15,24,26H,6-8,10-12,16-19H2,(H,38,39)/t26-/m0/s1.